The molecule has 0 aliphatic rings. The molecule has 92 valence electrons. The van der Waals surface area contributed by atoms with Crippen LogP contribution in [0.15, 0.2) is 45.5 Å². The third kappa shape index (κ3) is 3.08. The van der Waals surface area contributed by atoms with Crippen molar-refractivity contribution >= 4 is 37.8 Å². The summed E-state index contributed by atoms with van der Waals surface area (Å²) >= 11 is 6.70. The van der Waals surface area contributed by atoms with Crippen LogP contribution in [-0.4, -0.2) is 16.1 Å². The fourth-order valence-corrected chi connectivity index (χ4v) is 2.40. The predicted octanol–water partition coefficient (Wildman–Crippen LogP) is 4.10. The topological polar surface area (TPSA) is 59.4 Å². The van der Waals surface area contributed by atoms with Crippen molar-refractivity contribution in [3.63, 3.8) is 0 Å². The number of aromatic nitrogens is 1. The van der Waals surface area contributed by atoms with Gasteiger partial charge in [0.25, 0.3) is 0 Å². The minimum Gasteiger partial charge on any atom is -0.477 e. The standard InChI is InChI=1S/C12H7Br2NO3/c13-7-1-2-11(9(14)5-7)18-8-3-4-15-10(6-8)12(16)17/h1-6H,(H,16,17). The van der Waals surface area contributed by atoms with Gasteiger partial charge in [-0.1, -0.05) is 15.9 Å². The minimum absolute atomic E-state index is 0.0549. The molecular formula is C12H7Br2NO3. The van der Waals surface area contributed by atoms with Gasteiger partial charge in [-0.05, 0) is 40.2 Å². The van der Waals surface area contributed by atoms with Gasteiger partial charge in [0, 0.05) is 16.7 Å². The Morgan fingerprint density at radius 3 is 2.67 bits per heavy atom. The van der Waals surface area contributed by atoms with E-state index in [9.17, 15) is 4.79 Å². The maximum absolute atomic E-state index is 10.8. The van der Waals surface area contributed by atoms with Crippen molar-refractivity contribution in [1.82, 2.24) is 4.98 Å². The Labute approximate surface area is 120 Å². The van der Waals surface area contributed by atoms with E-state index in [4.69, 9.17) is 9.84 Å². The zero-order valence-electron chi connectivity index (χ0n) is 8.93. The van der Waals surface area contributed by atoms with Crippen molar-refractivity contribution in [3.8, 4) is 11.5 Å². The van der Waals surface area contributed by atoms with E-state index in [1.807, 2.05) is 12.1 Å². The van der Waals surface area contributed by atoms with E-state index < -0.39 is 5.97 Å². The van der Waals surface area contributed by atoms with Crippen LogP contribution in [0.2, 0.25) is 0 Å². The second-order valence-corrected chi connectivity index (χ2v) is 5.13. The zero-order chi connectivity index (χ0) is 13.1. The predicted molar refractivity (Wildman–Crippen MR) is 73.1 cm³/mol. The number of halogens is 2. The number of ether oxygens (including phenoxy) is 1. The molecule has 0 fully saturated rings. The van der Waals surface area contributed by atoms with Crippen LogP contribution in [0.1, 0.15) is 10.5 Å². The number of hydrogen-bond acceptors (Lipinski definition) is 3. The van der Waals surface area contributed by atoms with Crippen LogP contribution in [-0.2, 0) is 0 Å². The Hall–Kier alpha value is -1.40. The number of hydrogen-bond donors (Lipinski definition) is 1. The Balaban J connectivity index is 2.28. The SMILES string of the molecule is O=C(O)c1cc(Oc2ccc(Br)cc2Br)ccn1. The van der Waals surface area contributed by atoms with E-state index in [2.05, 4.69) is 36.8 Å². The summed E-state index contributed by atoms with van der Waals surface area (Å²) in [7, 11) is 0. The zero-order valence-corrected chi connectivity index (χ0v) is 12.1. The molecule has 0 bridgehead atoms. The number of carboxylic acids is 1. The molecule has 0 aliphatic carbocycles. The van der Waals surface area contributed by atoms with Crippen molar-refractivity contribution in [2.45, 2.75) is 0 Å². The normalized spacial score (nSPS) is 10.1. The summed E-state index contributed by atoms with van der Waals surface area (Å²) in [5, 5.41) is 8.83. The van der Waals surface area contributed by atoms with Crippen LogP contribution < -0.4 is 4.74 Å². The van der Waals surface area contributed by atoms with Crippen LogP contribution >= 0.6 is 31.9 Å². The van der Waals surface area contributed by atoms with E-state index in [1.165, 1.54) is 12.3 Å². The van der Waals surface area contributed by atoms with E-state index in [0.717, 1.165) is 8.95 Å². The highest BCUT2D eigenvalue weighted by atomic mass is 79.9. The van der Waals surface area contributed by atoms with Gasteiger partial charge < -0.3 is 9.84 Å². The van der Waals surface area contributed by atoms with Gasteiger partial charge in [-0.2, -0.15) is 0 Å². The van der Waals surface area contributed by atoms with Gasteiger partial charge in [0.1, 0.15) is 11.5 Å². The Bertz CT molecular complexity index is 602. The highest BCUT2D eigenvalue weighted by Crippen LogP contribution is 2.31. The summed E-state index contributed by atoms with van der Waals surface area (Å²) in [6.45, 7) is 0. The highest BCUT2D eigenvalue weighted by Gasteiger charge is 2.08. The van der Waals surface area contributed by atoms with E-state index in [1.54, 1.807) is 12.1 Å². The molecule has 1 aromatic heterocycles. The third-order valence-electron chi connectivity index (χ3n) is 2.07. The van der Waals surface area contributed by atoms with Gasteiger partial charge >= 0.3 is 5.97 Å². The Kier molecular flexibility index (Phi) is 3.98. The molecule has 0 unspecified atom stereocenters. The summed E-state index contributed by atoms with van der Waals surface area (Å²) in [5.74, 6) is -0.0681. The maximum Gasteiger partial charge on any atom is 0.354 e. The first-order valence-corrected chi connectivity index (χ1v) is 6.47. The second-order valence-electron chi connectivity index (χ2n) is 3.36. The van der Waals surface area contributed by atoms with Crippen LogP contribution in [0.5, 0.6) is 11.5 Å². The summed E-state index contributed by atoms with van der Waals surface area (Å²) in [6, 6.07) is 8.42. The maximum atomic E-state index is 10.8. The molecule has 0 amide bonds. The van der Waals surface area contributed by atoms with Gasteiger partial charge in [0.05, 0.1) is 4.47 Å². The first-order valence-electron chi connectivity index (χ1n) is 4.88. The summed E-state index contributed by atoms with van der Waals surface area (Å²) in [4.78, 5) is 14.5. The van der Waals surface area contributed by atoms with E-state index >= 15 is 0 Å². The smallest absolute Gasteiger partial charge is 0.354 e. The molecule has 6 heteroatoms. The van der Waals surface area contributed by atoms with Gasteiger partial charge in [-0.25, -0.2) is 9.78 Å². The summed E-state index contributed by atoms with van der Waals surface area (Å²) in [5.41, 5.74) is -0.0549. The number of carbonyl (C=O) groups is 1. The van der Waals surface area contributed by atoms with Crippen LogP contribution in [0.25, 0.3) is 0 Å². The summed E-state index contributed by atoms with van der Waals surface area (Å²) in [6.07, 6.45) is 1.39. The molecule has 0 saturated carbocycles. The average Bonchev–Trinajstić information content (AvgIpc) is 2.33. The number of pyridine rings is 1. The number of benzene rings is 1. The molecule has 1 heterocycles. The Morgan fingerprint density at radius 1 is 1.22 bits per heavy atom. The van der Waals surface area contributed by atoms with Gasteiger partial charge in [0.2, 0.25) is 0 Å². The first kappa shape index (κ1) is 13.0. The first-order chi connectivity index (χ1) is 8.56. The lowest BCUT2D eigenvalue weighted by atomic mass is 10.3. The van der Waals surface area contributed by atoms with Crippen molar-refractivity contribution in [3.05, 3.63) is 51.2 Å². The van der Waals surface area contributed by atoms with Gasteiger partial charge in [0.15, 0.2) is 5.69 Å². The fraction of sp³-hybridized carbons (Fsp3) is 0. The van der Waals surface area contributed by atoms with Crippen molar-refractivity contribution in [2.24, 2.45) is 0 Å². The molecule has 0 spiro atoms. The molecule has 0 aliphatic heterocycles. The highest BCUT2D eigenvalue weighted by molar-refractivity contribution is 9.11. The molecule has 1 N–H and O–H groups in total. The van der Waals surface area contributed by atoms with E-state index in [-0.39, 0.29) is 5.69 Å². The molecule has 0 radical (unpaired) electrons. The average molecular weight is 373 g/mol. The monoisotopic (exact) mass is 371 g/mol. The van der Waals surface area contributed by atoms with Crippen LogP contribution in [0, 0.1) is 0 Å². The number of rotatable bonds is 3. The molecule has 2 aromatic rings. The lowest BCUT2D eigenvalue weighted by Crippen LogP contribution is -1.99. The molecule has 18 heavy (non-hydrogen) atoms. The van der Waals surface area contributed by atoms with Crippen LogP contribution in [0.3, 0.4) is 0 Å². The molecule has 2 rings (SSSR count). The molecule has 1 aromatic carbocycles. The lowest BCUT2D eigenvalue weighted by molar-refractivity contribution is 0.0690. The fourth-order valence-electron chi connectivity index (χ4n) is 1.28. The summed E-state index contributed by atoms with van der Waals surface area (Å²) < 4.78 is 7.27. The van der Waals surface area contributed by atoms with Gasteiger partial charge in [-0.3, -0.25) is 0 Å². The van der Waals surface area contributed by atoms with E-state index in [0.29, 0.717) is 11.5 Å². The van der Waals surface area contributed by atoms with Crippen molar-refractivity contribution in [1.29, 1.82) is 0 Å². The van der Waals surface area contributed by atoms with Gasteiger partial charge in [-0.15, -0.1) is 0 Å². The number of carboxylic acid groups (broad SMARTS) is 1. The largest absolute Gasteiger partial charge is 0.477 e. The van der Waals surface area contributed by atoms with Crippen molar-refractivity contribution in [2.75, 3.05) is 0 Å². The third-order valence-corrected chi connectivity index (χ3v) is 3.19. The van der Waals surface area contributed by atoms with Crippen molar-refractivity contribution < 1.29 is 14.6 Å². The molecular weight excluding hydrogens is 366 g/mol. The lowest BCUT2D eigenvalue weighted by Gasteiger charge is -2.08. The number of aromatic carboxylic acids is 1. The quantitative estimate of drug-likeness (QED) is 0.881. The Morgan fingerprint density at radius 2 is 2.00 bits per heavy atom. The second kappa shape index (κ2) is 5.49. The molecule has 0 atom stereocenters. The minimum atomic E-state index is -1.09. The molecule has 0 saturated heterocycles. The van der Waals surface area contributed by atoms with Crippen LogP contribution in [0.4, 0.5) is 0 Å². The number of nitrogens with zero attached hydrogens (tertiary/aromatic N) is 1. The molecule has 4 nitrogen and oxygen atoms in total.